The minimum atomic E-state index is -0.357. The summed E-state index contributed by atoms with van der Waals surface area (Å²) in [6.45, 7) is 2.63. The Balaban J connectivity index is 1.65. The first-order valence-electron chi connectivity index (χ1n) is 9.32. The number of thiazole rings is 1. The van der Waals surface area contributed by atoms with E-state index in [0.717, 1.165) is 58.8 Å². The quantitative estimate of drug-likeness (QED) is 0.722. The Morgan fingerprint density at radius 2 is 1.96 bits per heavy atom. The molecule has 1 aromatic heterocycles. The SMILES string of the molecule is N#Cc1ccc(N2CCCCN2Cc2cnc(CC(N)=O)s2)c2ccccc12. The van der Waals surface area contributed by atoms with Gasteiger partial charge in [-0.05, 0) is 25.0 Å². The molecule has 2 N–H and O–H groups in total. The number of fused-ring (bicyclic) bond motifs is 1. The van der Waals surface area contributed by atoms with Crippen LogP contribution in [0.25, 0.3) is 10.8 Å². The summed E-state index contributed by atoms with van der Waals surface area (Å²) < 4.78 is 0. The zero-order chi connectivity index (χ0) is 19.5. The topological polar surface area (TPSA) is 86.2 Å². The number of hydrogen-bond acceptors (Lipinski definition) is 6. The molecule has 6 nitrogen and oxygen atoms in total. The molecule has 1 amide bonds. The van der Waals surface area contributed by atoms with Gasteiger partial charge in [-0.3, -0.25) is 4.79 Å². The molecule has 3 aromatic rings. The monoisotopic (exact) mass is 391 g/mol. The largest absolute Gasteiger partial charge is 0.369 e. The number of anilines is 1. The summed E-state index contributed by atoms with van der Waals surface area (Å²) in [5.41, 5.74) is 7.10. The van der Waals surface area contributed by atoms with Gasteiger partial charge < -0.3 is 10.7 Å². The van der Waals surface area contributed by atoms with Crippen molar-refractivity contribution in [2.75, 3.05) is 18.1 Å². The van der Waals surface area contributed by atoms with Crippen molar-refractivity contribution in [1.82, 2.24) is 9.99 Å². The number of aromatic nitrogens is 1. The number of nitriles is 1. The second kappa shape index (κ2) is 7.97. The van der Waals surface area contributed by atoms with Gasteiger partial charge in [-0.25, -0.2) is 9.99 Å². The Labute approximate surface area is 167 Å². The molecule has 2 heterocycles. The number of carbonyl (C=O) groups excluding carboxylic acids is 1. The zero-order valence-electron chi connectivity index (χ0n) is 15.5. The van der Waals surface area contributed by atoms with E-state index in [-0.39, 0.29) is 12.3 Å². The Hall–Kier alpha value is -2.95. The molecule has 0 unspecified atom stereocenters. The lowest BCUT2D eigenvalue weighted by Crippen LogP contribution is -2.46. The van der Waals surface area contributed by atoms with E-state index in [2.05, 4.69) is 27.1 Å². The summed E-state index contributed by atoms with van der Waals surface area (Å²) in [5.74, 6) is -0.357. The molecule has 1 aliphatic heterocycles. The van der Waals surface area contributed by atoms with Crippen LogP contribution < -0.4 is 10.7 Å². The summed E-state index contributed by atoms with van der Waals surface area (Å²) in [6, 6.07) is 14.3. The van der Waals surface area contributed by atoms with Gasteiger partial charge in [0, 0.05) is 34.9 Å². The van der Waals surface area contributed by atoms with E-state index in [1.165, 1.54) is 11.3 Å². The molecule has 7 heteroatoms. The molecule has 0 aliphatic carbocycles. The number of amides is 1. The molecular formula is C21H21N5OS. The highest BCUT2D eigenvalue weighted by Crippen LogP contribution is 2.32. The van der Waals surface area contributed by atoms with Crippen LogP contribution in [0.3, 0.4) is 0 Å². The standard InChI is InChI=1S/C21H21N5OS/c22-12-15-7-8-19(18-6-2-1-5-17(15)18)26-10-4-3-9-25(26)14-16-13-24-21(28-16)11-20(23)27/h1-2,5-8,13H,3-4,9-11,14H2,(H2,23,27). The molecule has 0 bridgehead atoms. The number of nitrogens with zero attached hydrogens (tertiary/aromatic N) is 4. The first-order valence-corrected chi connectivity index (χ1v) is 10.1. The van der Waals surface area contributed by atoms with Gasteiger partial charge in [-0.1, -0.05) is 24.3 Å². The Morgan fingerprint density at radius 1 is 1.18 bits per heavy atom. The third-order valence-electron chi connectivity index (χ3n) is 4.94. The number of hydrazine groups is 1. The van der Waals surface area contributed by atoms with E-state index < -0.39 is 0 Å². The maximum absolute atomic E-state index is 11.1. The minimum Gasteiger partial charge on any atom is -0.369 e. The molecule has 1 aliphatic rings. The van der Waals surface area contributed by atoms with E-state index in [9.17, 15) is 10.1 Å². The van der Waals surface area contributed by atoms with Crippen LogP contribution in [0.4, 0.5) is 5.69 Å². The Bertz CT molecular complexity index is 1050. The van der Waals surface area contributed by atoms with E-state index in [4.69, 9.17) is 5.73 Å². The van der Waals surface area contributed by atoms with E-state index in [1.54, 1.807) is 0 Å². The predicted molar refractivity (Wildman–Crippen MR) is 111 cm³/mol. The minimum absolute atomic E-state index is 0.189. The van der Waals surface area contributed by atoms with Gasteiger partial charge in [0.25, 0.3) is 0 Å². The molecule has 1 fully saturated rings. The van der Waals surface area contributed by atoms with E-state index in [1.807, 2.05) is 36.5 Å². The van der Waals surface area contributed by atoms with Gasteiger partial charge in [0.1, 0.15) is 5.01 Å². The Morgan fingerprint density at radius 3 is 2.75 bits per heavy atom. The molecule has 2 aromatic carbocycles. The highest BCUT2D eigenvalue weighted by molar-refractivity contribution is 7.11. The number of rotatable bonds is 5. The fraction of sp³-hybridized carbons (Fsp3) is 0.286. The van der Waals surface area contributed by atoms with Crippen molar-refractivity contribution in [3.63, 3.8) is 0 Å². The lowest BCUT2D eigenvalue weighted by molar-refractivity contribution is -0.117. The van der Waals surface area contributed by atoms with Crippen LogP contribution >= 0.6 is 11.3 Å². The van der Waals surface area contributed by atoms with Crippen LogP contribution in [0.2, 0.25) is 0 Å². The van der Waals surface area contributed by atoms with Gasteiger partial charge in [-0.2, -0.15) is 5.26 Å². The lowest BCUT2D eigenvalue weighted by Gasteiger charge is -2.40. The van der Waals surface area contributed by atoms with Crippen LogP contribution in [0.1, 0.15) is 28.3 Å². The fourth-order valence-electron chi connectivity index (χ4n) is 3.69. The van der Waals surface area contributed by atoms with Crippen LogP contribution in [0.15, 0.2) is 42.6 Å². The van der Waals surface area contributed by atoms with Crippen molar-refractivity contribution in [2.24, 2.45) is 5.73 Å². The lowest BCUT2D eigenvalue weighted by atomic mass is 10.0. The molecule has 0 atom stereocenters. The third kappa shape index (κ3) is 3.70. The van der Waals surface area contributed by atoms with Crippen LogP contribution in [-0.4, -0.2) is 29.0 Å². The number of carbonyl (C=O) groups is 1. The van der Waals surface area contributed by atoms with E-state index >= 15 is 0 Å². The highest BCUT2D eigenvalue weighted by atomic mass is 32.1. The summed E-state index contributed by atoms with van der Waals surface area (Å²) >= 11 is 1.54. The van der Waals surface area contributed by atoms with Crippen LogP contribution in [-0.2, 0) is 17.8 Å². The maximum Gasteiger partial charge on any atom is 0.224 e. The van der Waals surface area contributed by atoms with Crippen molar-refractivity contribution in [3.8, 4) is 6.07 Å². The number of hydrogen-bond donors (Lipinski definition) is 1. The predicted octanol–water partition coefficient (Wildman–Crippen LogP) is 3.21. The zero-order valence-corrected chi connectivity index (χ0v) is 16.3. The molecule has 28 heavy (non-hydrogen) atoms. The summed E-state index contributed by atoms with van der Waals surface area (Å²) in [7, 11) is 0. The number of benzene rings is 2. The average Bonchev–Trinajstić information content (AvgIpc) is 3.13. The molecule has 0 radical (unpaired) electrons. The van der Waals surface area contributed by atoms with Gasteiger partial charge >= 0.3 is 0 Å². The highest BCUT2D eigenvalue weighted by Gasteiger charge is 2.23. The Kier molecular flexibility index (Phi) is 5.24. The second-order valence-corrected chi connectivity index (χ2v) is 8.07. The maximum atomic E-state index is 11.1. The average molecular weight is 392 g/mol. The second-order valence-electron chi connectivity index (χ2n) is 6.87. The normalized spacial score (nSPS) is 14.9. The van der Waals surface area contributed by atoms with Crippen molar-refractivity contribution < 1.29 is 4.79 Å². The fourth-order valence-corrected chi connectivity index (χ4v) is 4.63. The molecule has 0 spiro atoms. The van der Waals surface area contributed by atoms with Crippen LogP contribution in [0, 0.1) is 11.3 Å². The smallest absolute Gasteiger partial charge is 0.224 e. The summed E-state index contributed by atoms with van der Waals surface area (Å²) in [5, 5.41) is 16.9. The molecule has 142 valence electrons. The molecular weight excluding hydrogens is 370 g/mol. The molecule has 1 saturated heterocycles. The number of nitrogens with two attached hydrogens (primary N) is 1. The number of primary amides is 1. The third-order valence-corrected chi connectivity index (χ3v) is 5.92. The van der Waals surface area contributed by atoms with Gasteiger partial charge in [-0.15, -0.1) is 11.3 Å². The van der Waals surface area contributed by atoms with Crippen molar-refractivity contribution >= 4 is 33.7 Å². The van der Waals surface area contributed by atoms with Crippen molar-refractivity contribution in [3.05, 3.63) is 58.0 Å². The van der Waals surface area contributed by atoms with Crippen molar-refractivity contribution in [1.29, 1.82) is 5.26 Å². The van der Waals surface area contributed by atoms with Gasteiger partial charge in [0.15, 0.2) is 0 Å². The summed E-state index contributed by atoms with van der Waals surface area (Å²) in [4.78, 5) is 16.6. The van der Waals surface area contributed by atoms with Crippen molar-refractivity contribution in [2.45, 2.75) is 25.8 Å². The van der Waals surface area contributed by atoms with Gasteiger partial charge in [0.2, 0.25) is 5.91 Å². The molecule has 4 rings (SSSR count). The summed E-state index contributed by atoms with van der Waals surface area (Å²) in [6.07, 6.45) is 4.29. The first kappa shape index (κ1) is 18.4. The van der Waals surface area contributed by atoms with E-state index in [0.29, 0.717) is 5.56 Å². The molecule has 0 saturated carbocycles. The first-order chi connectivity index (χ1) is 13.7. The van der Waals surface area contributed by atoms with Gasteiger partial charge in [0.05, 0.1) is 30.3 Å². The van der Waals surface area contributed by atoms with Crippen LogP contribution in [0.5, 0.6) is 0 Å².